The minimum absolute atomic E-state index is 1.36. The molecule has 0 aromatic heterocycles. The average Bonchev–Trinajstić information content (AvgIpc) is 2.50. The summed E-state index contributed by atoms with van der Waals surface area (Å²) in [5, 5.41) is 17.3. The van der Waals surface area contributed by atoms with Crippen molar-refractivity contribution in [1.82, 2.24) is 0 Å². The van der Waals surface area contributed by atoms with Gasteiger partial charge in [-0.2, -0.15) is 0 Å². The van der Waals surface area contributed by atoms with Crippen molar-refractivity contribution in [3.63, 3.8) is 0 Å². The summed E-state index contributed by atoms with van der Waals surface area (Å²) in [5.74, 6) is 0. The number of hydrogen-bond donors (Lipinski definition) is 1. The van der Waals surface area contributed by atoms with E-state index >= 15 is 0 Å². The van der Waals surface area contributed by atoms with Crippen LogP contribution in [0.3, 0.4) is 0 Å². The largest absolute Gasteiger partial charge is 0.356 e. The third kappa shape index (κ3) is 33.8. The summed E-state index contributed by atoms with van der Waals surface area (Å²) in [4.78, 5) is 8.25. The minimum atomic E-state index is -1.75. The Kier molecular flexibility index (Phi) is 24.9. The molecule has 0 atom stereocenters. The Labute approximate surface area is 143 Å². The van der Waals surface area contributed by atoms with Crippen molar-refractivity contribution in [2.45, 2.75) is 104 Å². The van der Waals surface area contributed by atoms with Crippen molar-refractivity contribution in [3.05, 3.63) is 15.3 Å². The second-order valence-electron chi connectivity index (χ2n) is 6.33. The lowest BCUT2D eigenvalue weighted by Gasteiger charge is -2.03. The fourth-order valence-corrected chi connectivity index (χ4v) is 2.64. The lowest BCUT2D eigenvalue weighted by molar-refractivity contribution is -0.655. The van der Waals surface area contributed by atoms with Crippen LogP contribution in [-0.4, -0.2) is 18.2 Å². The van der Waals surface area contributed by atoms with Gasteiger partial charge < -0.3 is 20.6 Å². The summed E-state index contributed by atoms with van der Waals surface area (Å²) in [6, 6.07) is 0. The lowest BCUT2D eigenvalue weighted by atomic mass is 10.1. The zero-order valence-electron chi connectivity index (χ0n) is 15.6. The van der Waals surface area contributed by atoms with Gasteiger partial charge in [0.05, 0.1) is 18.2 Å². The van der Waals surface area contributed by atoms with Crippen LogP contribution < -0.4 is 5.32 Å². The monoisotopic (exact) mass is 332 g/mol. The van der Waals surface area contributed by atoms with E-state index in [9.17, 15) is 0 Å². The van der Waals surface area contributed by atoms with Crippen LogP contribution in [0, 0.1) is 15.3 Å². The molecule has 0 fully saturated rings. The van der Waals surface area contributed by atoms with Crippen LogP contribution in [0.25, 0.3) is 0 Å². The fourth-order valence-electron chi connectivity index (χ4n) is 2.64. The Morgan fingerprint density at radius 2 is 0.870 bits per heavy atom. The zero-order chi connectivity index (χ0) is 17.6. The topological polar surface area (TPSA) is 82.8 Å². The lowest BCUT2D eigenvalue weighted by Crippen LogP contribution is -2.84. The first-order valence-electron chi connectivity index (χ1n) is 9.78. The molecule has 5 nitrogen and oxygen atoms in total. The van der Waals surface area contributed by atoms with Crippen molar-refractivity contribution in [2.24, 2.45) is 0 Å². The normalized spacial score (nSPS) is 10.2. The first kappa shape index (κ1) is 24.4. The van der Waals surface area contributed by atoms with Gasteiger partial charge in [0.15, 0.2) is 0 Å². The van der Waals surface area contributed by atoms with Gasteiger partial charge in [0.1, 0.15) is 0 Å². The molecule has 0 aliphatic heterocycles. The molecule has 140 valence electrons. The van der Waals surface area contributed by atoms with E-state index in [-0.39, 0.29) is 0 Å². The highest BCUT2D eigenvalue weighted by Gasteiger charge is 1.95. The predicted molar refractivity (Wildman–Crippen MR) is 98.0 cm³/mol. The summed E-state index contributed by atoms with van der Waals surface area (Å²) < 4.78 is 0. The molecular formula is C18H40N2O3. The minimum Gasteiger partial charge on any atom is -0.356 e. The second kappa shape index (κ2) is 23.4. The predicted octanol–water partition coefficient (Wildman–Crippen LogP) is 4.81. The van der Waals surface area contributed by atoms with Crippen LogP contribution in [0.1, 0.15) is 104 Å². The van der Waals surface area contributed by atoms with E-state index in [1.165, 1.54) is 103 Å². The van der Waals surface area contributed by atoms with Gasteiger partial charge in [-0.15, -0.1) is 0 Å². The molecular weight excluding hydrogens is 292 g/mol. The molecule has 0 aromatic carbocycles. The van der Waals surface area contributed by atoms with Crippen molar-refractivity contribution < 1.29 is 10.4 Å². The average molecular weight is 333 g/mol. The molecule has 0 bridgehead atoms. The zero-order valence-corrected chi connectivity index (χ0v) is 15.6. The maximum Gasteiger partial charge on any atom is 0.0755 e. The quantitative estimate of drug-likeness (QED) is 0.250. The highest BCUT2D eigenvalue weighted by atomic mass is 16.9. The van der Waals surface area contributed by atoms with Crippen LogP contribution in [0.5, 0.6) is 0 Å². The molecule has 5 heteroatoms. The van der Waals surface area contributed by atoms with Gasteiger partial charge in [-0.1, -0.05) is 78.1 Å². The molecule has 0 radical (unpaired) electrons. The van der Waals surface area contributed by atoms with E-state index in [0.717, 1.165) is 0 Å². The summed E-state index contributed by atoms with van der Waals surface area (Å²) in [6.07, 6.45) is 20.1. The molecule has 23 heavy (non-hydrogen) atoms. The summed E-state index contributed by atoms with van der Waals surface area (Å²) in [6.45, 7) is 7.31. The highest BCUT2D eigenvalue weighted by molar-refractivity contribution is 4.45. The highest BCUT2D eigenvalue weighted by Crippen LogP contribution is 2.06. The Hall–Kier alpha value is -0.840. The molecule has 0 heterocycles. The van der Waals surface area contributed by atoms with E-state index in [1.807, 2.05) is 0 Å². The molecule has 0 aromatic rings. The number of quaternary nitrogens is 1. The molecule has 0 amide bonds. The first-order valence-corrected chi connectivity index (χ1v) is 9.78. The summed E-state index contributed by atoms with van der Waals surface area (Å²) in [7, 11) is 0. The van der Waals surface area contributed by atoms with Crippen molar-refractivity contribution in [3.8, 4) is 0 Å². The van der Waals surface area contributed by atoms with Gasteiger partial charge in [-0.3, -0.25) is 0 Å². The van der Waals surface area contributed by atoms with E-state index in [1.54, 1.807) is 0 Å². The molecule has 0 aliphatic rings. The summed E-state index contributed by atoms with van der Waals surface area (Å²) in [5.41, 5.74) is 0. The van der Waals surface area contributed by atoms with E-state index < -0.39 is 5.09 Å². The molecule has 0 saturated carbocycles. The Morgan fingerprint density at radius 3 is 1.17 bits per heavy atom. The van der Waals surface area contributed by atoms with E-state index in [0.29, 0.717) is 0 Å². The SMILES string of the molecule is CCCCCCCCC[NH2+]CCCCCCCCC.O=[N+]([O-])[O-]. The van der Waals surface area contributed by atoms with Gasteiger partial charge in [0.25, 0.3) is 0 Å². The number of nitrogens with zero attached hydrogens (tertiary/aromatic N) is 1. The van der Waals surface area contributed by atoms with Crippen molar-refractivity contribution in [1.29, 1.82) is 0 Å². The van der Waals surface area contributed by atoms with Crippen molar-refractivity contribution in [2.75, 3.05) is 13.1 Å². The van der Waals surface area contributed by atoms with Crippen LogP contribution in [0.4, 0.5) is 0 Å². The van der Waals surface area contributed by atoms with Crippen LogP contribution in [0.2, 0.25) is 0 Å². The number of unbranched alkanes of at least 4 members (excludes halogenated alkanes) is 12. The van der Waals surface area contributed by atoms with Gasteiger partial charge in [-0.05, 0) is 25.7 Å². The van der Waals surface area contributed by atoms with Gasteiger partial charge in [-0.25, -0.2) is 0 Å². The van der Waals surface area contributed by atoms with Crippen molar-refractivity contribution >= 4 is 0 Å². The molecule has 0 unspecified atom stereocenters. The first-order chi connectivity index (χ1) is 11.1. The smallest absolute Gasteiger partial charge is 0.0755 e. The van der Waals surface area contributed by atoms with Gasteiger partial charge in [0, 0.05) is 0 Å². The third-order valence-electron chi connectivity index (χ3n) is 4.02. The number of nitrogens with two attached hydrogens (primary N) is 1. The number of rotatable bonds is 16. The van der Waals surface area contributed by atoms with Gasteiger partial charge in [0.2, 0.25) is 0 Å². The van der Waals surface area contributed by atoms with Gasteiger partial charge >= 0.3 is 0 Å². The number of hydrogen-bond acceptors (Lipinski definition) is 3. The Morgan fingerprint density at radius 1 is 0.609 bits per heavy atom. The Balaban J connectivity index is 0. The van der Waals surface area contributed by atoms with Crippen LogP contribution >= 0.6 is 0 Å². The third-order valence-corrected chi connectivity index (χ3v) is 4.02. The maximum absolute atomic E-state index is 8.25. The Bertz CT molecular complexity index is 206. The fraction of sp³-hybridized carbons (Fsp3) is 1.00. The maximum atomic E-state index is 8.25. The molecule has 0 spiro atoms. The molecule has 0 rings (SSSR count). The van der Waals surface area contributed by atoms with E-state index in [4.69, 9.17) is 15.3 Å². The molecule has 2 N–H and O–H groups in total. The van der Waals surface area contributed by atoms with Crippen LogP contribution in [0.15, 0.2) is 0 Å². The second-order valence-corrected chi connectivity index (χ2v) is 6.33. The molecule has 0 aliphatic carbocycles. The van der Waals surface area contributed by atoms with E-state index in [2.05, 4.69) is 19.2 Å². The summed E-state index contributed by atoms with van der Waals surface area (Å²) >= 11 is 0. The standard InChI is InChI=1S/C18H39N.NO3/c1-3-5-7-9-11-13-15-17-19-18-16-14-12-10-8-6-4-2;2-1(3)4/h19H,3-18H2,1-2H3;/q;-1/p+1. The van der Waals surface area contributed by atoms with Crippen LogP contribution in [-0.2, 0) is 0 Å². The molecule has 0 saturated heterocycles.